The Labute approximate surface area is 114 Å². The average molecular weight is 263 g/mol. The van der Waals surface area contributed by atoms with Crippen molar-refractivity contribution in [3.63, 3.8) is 0 Å². The summed E-state index contributed by atoms with van der Waals surface area (Å²) in [7, 11) is 1.33. The quantitative estimate of drug-likeness (QED) is 0.830. The molecule has 0 aliphatic rings. The maximum absolute atomic E-state index is 12.3. The Balaban J connectivity index is 2.95. The molecule has 0 bridgehead atoms. The summed E-state index contributed by atoms with van der Waals surface area (Å²) in [6.07, 6.45) is 1.32. The van der Waals surface area contributed by atoms with E-state index in [0.29, 0.717) is 12.0 Å². The minimum Gasteiger partial charge on any atom is -0.467 e. The number of esters is 1. The van der Waals surface area contributed by atoms with E-state index in [1.165, 1.54) is 7.11 Å². The Morgan fingerprint density at radius 3 is 2.47 bits per heavy atom. The fourth-order valence-electron chi connectivity index (χ4n) is 2.09. The molecule has 1 N–H and O–H groups in total. The zero-order valence-corrected chi connectivity index (χ0v) is 11.9. The van der Waals surface area contributed by atoms with Gasteiger partial charge < -0.3 is 10.1 Å². The van der Waals surface area contributed by atoms with Gasteiger partial charge in [0.05, 0.1) is 7.11 Å². The fraction of sp³-hybridized carbons (Fsp3) is 0.467. The minimum atomic E-state index is -0.983. The number of methoxy groups -OCH3 is 1. The number of carbonyl (C=O) groups excluding carboxylic acids is 2. The Morgan fingerprint density at radius 1 is 1.32 bits per heavy atom. The predicted molar refractivity (Wildman–Crippen MR) is 74.0 cm³/mol. The molecule has 4 nitrogen and oxygen atoms in total. The summed E-state index contributed by atoms with van der Waals surface area (Å²) in [6, 6.07) is 7.29. The third kappa shape index (κ3) is 3.56. The van der Waals surface area contributed by atoms with Gasteiger partial charge in [0.25, 0.3) is 5.91 Å². The van der Waals surface area contributed by atoms with Gasteiger partial charge in [-0.2, -0.15) is 0 Å². The van der Waals surface area contributed by atoms with Gasteiger partial charge in [-0.25, -0.2) is 4.79 Å². The molecule has 0 spiro atoms. The molecule has 19 heavy (non-hydrogen) atoms. The summed E-state index contributed by atoms with van der Waals surface area (Å²) in [5, 5.41) is 2.79. The summed E-state index contributed by atoms with van der Waals surface area (Å²) in [4.78, 5) is 24.1. The maximum Gasteiger partial charge on any atom is 0.331 e. The highest BCUT2D eigenvalue weighted by Crippen LogP contribution is 2.16. The van der Waals surface area contributed by atoms with Gasteiger partial charge in [-0.3, -0.25) is 4.79 Å². The van der Waals surface area contributed by atoms with Crippen LogP contribution < -0.4 is 5.32 Å². The summed E-state index contributed by atoms with van der Waals surface area (Å²) in [5.74, 6) is -0.671. The van der Waals surface area contributed by atoms with Crippen LogP contribution in [-0.2, 0) is 9.53 Å². The molecule has 1 aromatic carbocycles. The van der Waals surface area contributed by atoms with Gasteiger partial charge in [-0.05, 0) is 31.9 Å². The van der Waals surface area contributed by atoms with Crippen LogP contribution in [0.25, 0.3) is 0 Å². The Kier molecular flexibility index (Phi) is 5.10. The van der Waals surface area contributed by atoms with E-state index in [9.17, 15) is 9.59 Å². The van der Waals surface area contributed by atoms with Crippen molar-refractivity contribution >= 4 is 11.9 Å². The summed E-state index contributed by atoms with van der Waals surface area (Å²) in [5.41, 5.74) is 0.473. The van der Waals surface area contributed by atoms with Crippen LogP contribution in [-0.4, -0.2) is 24.5 Å². The van der Waals surface area contributed by atoms with Gasteiger partial charge in [0.2, 0.25) is 0 Å². The van der Waals surface area contributed by atoms with Gasteiger partial charge >= 0.3 is 5.97 Å². The third-order valence-corrected chi connectivity index (χ3v) is 3.17. The standard InChI is InChI=1S/C15H21NO3/c1-5-10-15(3,14(18)19-4)16-13(17)12-9-7-6-8-11(12)2/h6-9H,5,10H2,1-4H3,(H,16,17)/t15-/m1/s1. The lowest BCUT2D eigenvalue weighted by atomic mass is 9.95. The number of benzene rings is 1. The van der Waals surface area contributed by atoms with Gasteiger partial charge in [0.1, 0.15) is 5.54 Å². The fourth-order valence-corrected chi connectivity index (χ4v) is 2.09. The lowest BCUT2D eigenvalue weighted by Crippen LogP contribution is -2.52. The molecular weight excluding hydrogens is 242 g/mol. The van der Waals surface area contributed by atoms with Crippen molar-refractivity contribution in [2.24, 2.45) is 0 Å². The minimum absolute atomic E-state index is 0.251. The molecule has 0 radical (unpaired) electrons. The average Bonchev–Trinajstić information content (AvgIpc) is 2.38. The molecule has 1 amide bonds. The van der Waals surface area contributed by atoms with E-state index in [4.69, 9.17) is 4.74 Å². The molecule has 104 valence electrons. The SMILES string of the molecule is CCC[C@@](C)(NC(=O)c1ccccc1C)C(=O)OC. The number of ether oxygens (including phenoxy) is 1. The Hall–Kier alpha value is -1.84. The maximum atomic E-state index is 12.3. The van der Waals surface area contributed by atoms with Crippen LogP contribution in [0.4, 0.5) is 0 Å². The van der Waals surface area contributed by atoms with Crippen molar-refractivity contribution < 1.29 is 14.3 Å². The normalized spacial score (nSPS) is 13.5. The monoisotopic (exact) mass is 263 g/mol. The van der Waals surface area contributed by atoms with E-state index >= 15 is 0 Å². The van der Waals surface area contributed by atoms with Gasteiger partial charge in [0.15, 0.2) is 0 Å². The van der Waals surface area contributed by atoms with Gasteiger partial charge in [0, 0.05) is 5.56 Å². The lowest BCUT2D eigenvalue weighted by molar-refractivity contribution is -0.147. The first kappa shape index (κ1) is 15.2. The molecule has 0 aliphatic carbocycles. The van der Waals surface area contributed by atoms with E-state index in [1.807, 2.05) is 26.0 Å². The molecule has 0 saturated carbocycles. The number of hydrogen-bond acceptors (Lipinski definition) is 3. The molecule has 0 aliphatic heterocycles. The first-order chi connectivity index (χ1) is 8.94. The zero-order chi connectivity index (χ0) is 14.5. The van der Waals surface area contributed by atoms with E-state index in [0.717, 1.165) is 12.0 Å². The highest BCUT2D eigenvalue weighted by Gasteiger charge is 2.35. The number of hydrogen-bond donors (Lipinski definition) is 1. The summed E-state index contributed by atoms with van der Waals surface area (Å²) < 4.78 is 4.78. The smallest absolute Gasteiger partial charge is 0.331 e. The van der Waals surface area contributed by atoms with Crippen LogP contribution in [0.5, 0.6) is 0 Å². The summed E-state index contributed by atoms with van der Waals surface area (Å²) >= 11 is 0. The van der Waals surface area contributed by atoms with Crippen LogP contribution >= 0.6 is 0 Å². The molecule has 0 saturated heterocycles. The predicted octanol–water partition coefficient (Wildman–Crippen LogP) is 2.46. The molecule has 1 atom stereocenters. The molecule has 0 heterocycles. The summed E-state index contributed by atoms with van der Waals surface area (Å²) in [6.45, 7) is 5.52. The van der Waals surface area contributed by atoms with Gasteiger partial charge in [-0.1, -0.05) is 31.5 Å². The van der Waals surface area contributed by atoms with Crippen LogP contribution in [0.1, 0.15) is 42.6 Å². The lowest BCUT2D eigenvalue weighted by Gasteiger charge is -2.27. The van der Waals surface area contributed by atoms with Crippen molar-refractivity contribution in [3.8, 4) is 0 Å². The Bertz CT molecular complexity index is 470. The Morgan fingerprint density at radius 2 is 1.95 bits per heavy atom. The van der Waals surface area contributed by atoms with Crippen molar-refractivity contribution in [2.45, 2.75) is 39.2 Å². The second kappa shape index (κ2) is 6.36. The van der Waals surface area contributed by atoms with E-state index in [1.54, 1.807) is 19.1 Å². The molecule has 0 unspecified atom stereocenters. The van der Waals surface area contributed by atoms with E-state index in [-0.39, 0.29) is 5.91 Å². The van der Waals surface area contributed by atoms with Crippen molar-refractivity contribution in [1.29, 1.82) is 0 Å². The van der Waals surface area contributed by atoms with Crippen LogP contribution in [0.2, 0.25) is 0 Å². The van der Waals surface area contributed by atoms with E-state index in [2.05, 4.69) is 5.32 Å². The van der Waals surface area contributed by atoms with Crippen LogP contribution in [0, 0.1) is 6.92 Å². The highest BCUT2D eigenvalue weighted by molar-refractivity contribution is 5.99. The van der Waals surface area contributed by atoms with Crippen molar-refractivity contribution in [1.82, 2.24) is 5.32 Å². The number of nitrogens with one attached hydrogen (secondary N) is 1. The molecule has 1 aromatic rings. The zero-order valence-electron chi connectivity index (χ0n) is 11.9. The topological polar surface area (TPSA) is 55.4 Å². The second-order valence-electron chi connectivity index (χ2n) is 4.84. The van der Waals surface area contributed by atoms with Crippen molar-refractivity contribution in [2.75, 3.05) is 7.11 Å². The third-order valence-electron chi connectivity index (χ3n) is 3.17. The number of carbonyl (C=O) groups is 2. The first-order valence-electron chi connectivity index (χ1n) is 6.41. The largest absolute Gasteiger partial charge is 0.467 e. The molecular formula is C15H21NO3. The first-order valence-corrected chi connectivity index (χ1v) is 6.41. The number of rotatable bonds is 5. The number of aryl methyl sites for hydroxylation is 1. The highest BCUT2D eigenvalue weighted by atomic mass is 16.5. The van der Waals surface area contributed by atoms with Crippen molar-refractivity contribution in [3.05, 3.63) is 35.4 Å². The second-order valence-corrected chi connectivity index (χ2v) is 4.84. The van der Waals surface area contributed by atoms with Crippen LogP contribution in [0.15, 0.2) is 24.3 Å². The number of amides is 1. The molecule has 4 heteroatoms. The van der Waals surface area contributed by atoms with E-state index < -0.39 is 11.5 Å². The molecule has 0 aromatic heterocycles. The molecule has 0 fully saturated rings. The molecule has 1 rings (SSSR count). The van der Waals surface area contributed by atoms with Crippen LogP contribution in [0.3, 0.4) is 0 Å². The van der Waals surface area contributed by atoms with Gasteiger partial charge in [-0.15, -0.1) is 0 Å².